The molecule has 0 fully saturated rings. The van der Waals surface area contributed by atoms with Gasteiger partial charge in [0.2, 0.25) is 0 Å². The van der Waals surface area contributed by atoms with E-state index in [0.717, 1.165) is 0 Å². The van der Waals surface area contributed by atoms with Crippen molar-refractivity contribution >= 4 is 17.5 Å². The summed E-state index contributed by atoms with van der Waals surface area (Å²) in [6, 6.07) is 4.82. The zero-order valence-corrected chi connectivity index (χ0v) is 14.8. The number of hydrogen-bond acceptors (Lipinski definition) is 6. The molecule has 0 aliphatic carbocycles. The van der Waals surface area contributed by atoms with Crippen LogP contribution in [0.3, 0.4) is 0 Å². The Kier molecular flexibility index (Phi) is 4.79. The van der Waals surface area contributed by atoms with Crippen LogP contribution >= 0.6 is 0 Å². The highest BCUT2D eigenvalue weighted by atomic mass is 16.6. The molecule has 0 spiro atoms. The van der Waals surface area contributed by atoms with Crippen molar-refractivity contribution in [2.75, 3.05) is 19.8 Å². The summed E-state index contributed by atoms with van der Waals surface area (Å²) in [6.45, 7) is 5.29. The summed E-state index contributed by atoms with van der Waals surface area (Å²) in [5.74, 6) is -0.0934. The third-order valence-electron chi connectivity index (χ3n) is 4.19. The molecule has 2 aromatic rings. The average molecular weight is 357 g/mol. The number of aromatic amines is 1. The number of fused-ring (bicyclic) bond motifs is 1. The molecule has 2 heterocycles. The van der Waals surface area contributed by atoms with Crippen molar-refractivity contribution < 1.29 is 28.6 Å². The summed E-state index contributed by atoms with van der Waals surface area (Å²) in [5.41, 5.74) is 2.13. The largest absolute Gasteiger partial charge is 0.486 e. The first-order valence-electron chi connectivity index (χ1n) is 8.18. The van der Waals surface area contributed by atoms with Crippen LogP contribution in [0.5, 0.6) is 11.5 Å². The van der Waals surface area contributed by atoms with Crippen molar-refractivity contribution in [1.29, 1.82) is 0 Å². The molecular weight excluding hydrogens is 338 g/mol. The minimum absolute atomic E-state index is 0.136. The van der Waals surface area contributed by atoms with Gasteiger partial charge in [0, 0.05) is 16.8 Å². The molecule has 7 nitrogen and oxygen atoms in total. The molecule has 1 aromatic heterocycles. The fourth-order valence-corrected chi connectivity index (χ4v) is 2.99. The van der Waals surface area contributed by atoms with E-state index in [1.54, 1.807) is 32.0 Å². The Labute approximate surface area is 150 Å². The topological polar surface area (TPSA) is 94.7 Å². The van der Waals surface area contributed by atoms with Gasteiger partial charge in [0.1, 0.15) is 18.9 Å². The van der Waals surface area contributed by atoms with E-state index in [1.165, 1.54) is 6.92 Å². The summed E-state index contributed by atoms with van der Waals surface area (Å²) in [5, 5.41) is 0. The van der Waals surface area contributed by atoms with E-state index in [4.69, 9.17) is 14.2 Å². The Bertz CT molecular complexity index is 896. The van der Waals surface area contributed by atoms with Gasteiger partial charge in [-0.25, -0.2) is 4.79 Å². The number of aryl methyl sites for hydroxylation is 1. The van der Waals surface area contributed by atoms with Crippen LogP contribution in [0.2, 0.25) is 0 Å². The maximum Gasteiger partial charge on any atom is 0.355 e. The second kappa shape index (κ2) is 7.03. The van der Waals surface area contributed by atoms with Crippen LogP contribution < -0.4 is 9.47 Å². The number of Topliss-reactive ketones (excluding diaryl/α,β-unsaturated/α-hetero) is 2. The molecular formula is C19H19NO6. The minimum atomic E-state index is -0.677. The Morgan fingerprint density at radius 2 is 1.81 bits per heavy atom. The molecule has 0 bridgehead atoms. The number of hydrogen-bond donors (Lipinski definition) is 1. The van der Waals surface area contributed by atoms with Gasteiger partial charge in [0.05, 0.1) is 0 Å². The van der Waals surface area contributed by atoms with E-state index < -0.39 is 12.6 Å². The summed E-state index contributed by atoms with van der Waals surface area (Å²) in [7, 11) is 0. The van der Waals surface area contributed by atoms with Crippen LogP contribution in [0, 0.1) is 13.8 Å². The number of carbonyl (C=O) groups excluding carboxylic acids is 3. The molecule has 26 heavy (non-hydrogen) atoms. The first-order valence-corrected chi connectivity index (χ1v) is 8.18. The van der Waals surface area contributed by atoms with E-state index in [1.807, 2.05) is 0 Å². The molecule has 1 N–H and O–H groups in total. The van der Waals surface area contributed by atoms with Crippen LogP contribution in [0.15, 0.2) is 18.2 Å². The zero-order chi connectivity index (χ0) is 18.8. The molecule has 0 unspecified atom stereocenters. The molecule has 0 radical (unpaired) electrons. The van der Waals surface area contributed by atoms with Gasteiger partial charge in [0.15, 0.2) is 29.7 Å². The first kappa shape index (κ1) is 17.7. The quantitative estimate of drug-likeness (QED) is 0.653. The van der Waals surface area contributed by atoms with Gasteiger partial charge < -0.3 is 19.2 Å². The number of ether oxygens (including phenoxy) is 3. The molecule has 1 aliphatic heterocycles. The highest BCUT2D eigenvalue weighted by Crippen LogP contribution is 2.30. The van der Waals surface area contributed by atoms with Crippen LogP contribution in [0.4, 0.5) is 0 Å². The molecule has 0 saturated carbocycles. The lowest BCUT2D eigenvalue weighted by Gasteiger charge is -2.18. The maximum atomic E-state index is 12.3. The molecule has 136 valence electrons. The molecule has 0 amide bonds. The van der Waals surface area contributed by atoms with Gasteiger partial charge in [0.25, 0.3) is 0 Å². The van der Waals surface area contributed by atoms with Gasteiger partial charge in [-0.3, -0.25) is 9.59 Å². The highest BCUT2D eigenvalue weighted by molar-refractivity contribution is 6.02. The number of ketones is 2. The third-order valence-corrected chi connectivity index (χ3v) is 4.19. The van der Waals surface area contributed by atoms with Gasteiger partial charge in [-0.15, -0.1) is 0 Å². The molecule has 0 atom stereocenters. The predicted octanol–water partition coefficient (Wildman–Crippen LogP) is 2.65. The lowest BCUT2D eigenvalue weighted by Crippen LogP contribution is -2.17. The zero-order valence-electron chi connectivity index (χ0n) is 14.8. The molecule has 1 aromatic carbocycles. The fraction of sp³-hybridized carbons (Fsp3) is 0.316. The number of benzene rings is 1. The van der Waals surface area contributed by atoms with Crippen molar-refractivity contribution in [3.05, 3.63) is 46.3 Å². The number of nitrogens with one attached hydrogen (secondary N) is 1. The van der Waals surface area contributed by atoms with Crippen molar-refractivity contribution in [2.24, 2.45) is 0 Å². The van der Waals surface area contributed by atoms with Crippen molar-refractivity contribution in [1.82, 2.24) is 4.98 Å². The number of rotatable bonds is 5. The SMILES string of the molecule is CC(=O)c1c(C)[nH]c(C(=O)OCC(=O)c2ccc3c(c2)OCCO3)c1C. The van der Waals surface area contributed by atoms with Gasteiger partial charge >= 0.3 is 5.97 Å². The Morgan fingerprint density at radius 1 is 1.12 bits per heavy atom. The smallest absolute Gasteiger partial charge is 0.355 e. The van der Waals surface area contributed by atoms with E-state index in [0.29, 0.717) is 47.1 Å². The lowest BCUT2D eigenvalue weighted by atomic mass is 10.1. The summed E-state index contributed by atoms with van der Waals surface area (Å²) in [6.07, 6.45) is 0. The van der Waals surface area contributed by atoms with E-state index in [2.05, 4.69) is 4.98 Å². The number of esters is 1. The van der Waals surface area contributed by atoms with Crippen LogP contribution in [-0.2, 0) is 4.74 Å². The number of aromatic nitrogens is 1. The van der Waals surface area contributed by atoms with Gasteiger partial charge in [-0.05, 0) is 44.5 Å². The average Bonchev–Trinajstić information content (AvgIpc) is 2.93. The summed E-state index contributed by atoms with van der Waals surface area (Å²) in [4.78, 5) is 39.1. The molecule has 7 heteroatoms. The molecule has 0 saturated heterocycles. The van der Waals surface area contributed by atoms with E-state index in [9.17, 15) is 14.4 Å². The van der Waals surface area contributed by atoms with Crippen LogP contribution in [0.1, 0.15) is 49.4 Å². The molecule has 3 rings (SSSR count). The predicted molar refractivity (Wildman–Crippen MR) is 92.3 cm³/mol. The summed E-state index contributed by atoms with van der Waals surface area (Å²) >= 11 is 0. The normalized spacial score (nSPS) is 12.6. The Morgan fingerprint density at radius 3 is 2.46 bits per heavy atom. The second-order valence-electron chi connectivity index (χ2n) is 6.04. The molecule has 1 aliphatic rings. The van der Waals surface area contributed by atoms with Crippen molar-refractivity contribution in [3.63, 3.8) is 0 Å². The van der Waals surface area contributed by atoms with E-state index in [-0.39, 0.29) is 17.3 Å². The second-order valence-corrected chi connectivity index (χ2v) is 6.04. The highest BCUT2D eigenvalue weighted by Gasteiger charge is 2.22. The standard InChI is InChI=1S/C19H19NO6/c1-10-17(12(3)21)11(2)20-18(10)19(23)26-9-14(22)13-4-5-15-16(8-13)25-7-6-24-15/h4-5,8,20H,6-7,9H2,1-3H3. The fourth-order valence-electron chi connectivity index (χ4n) is 2.99. The third kappa shape index (κ3) is 3.33. The minimum Gasteiger partial charge on any atom is -0.486 e. The van der Waals surface area contributed by atoms with Crippen LogP contribution in [0.25, 0.3) is 0 Å². The van der Waals surface area contributed by atoms with E-state index >= 15 is 0 Å². The van der Waals surface area contributed by atoms with Gasteiger partial charge in [-0.1, -0.05) is 0 Å². The van der Waals surface area contributed by atoms with Crippen molar-refractivity contribution in [2.45, 2.75) is 20.8 Å². The number of carbonyl (C=O) groups is 3. The monoisotopic (exact) mass is 357 g/mol. The maximum absolute atomic E-state index is 12.3. The summed E-state index contributed by atoms with van der Waals surface area (Å²) < 4.78 is 16.0. The number of H-pyrrole nitrogens is 1. The van der Waals surface area contributed by atoms with Crippen molar-refractivity contribution in [3.8, 4) is 11.5 Å². The lowest BCUT2D eigenvalue weighted by molar-refractivity contribution is 0.0468. The Balaban J connectivity index is 1.69. The van der Waals surface area contributed by atoms with Crippen LogP contribution in [-0.4, -0.2) is 42.3 Å². The Hall–Kier alpha value is -3.09. The van der Waals surface area contributed by atoms with Gasteiger partial charge in [-0.2, -0.15) is 0 Å². The first-order chi connectivity index (χ1) is 12.4.